The number of hydrogen-bond donors (Lipinski definition) is 0. The van der Waals surface area contributed by atoms with Crippen molar-refractivity contribution in [3.05, 3.63) is 71.8 Å². The smallest absolute Gasteiger partial charge is 0.323 e. The van der Waals surface area contributed by atoms with Crippen LogP contribution in [0.2, 0.25) is 0 Å². The molecule has 0 aliphatic heterocycles. The van der Waals surface area contributed by atoms with Gasteiger partial charge in [0.1, 0.15) is 17.6 Å². The first-order valence-electron chi connectivity index (χ1n) is 11.4. The highest BCUT2D eigenvalue weighted by Gasteiger charge is 2.25. The monoisotopic (exact) mass is 598 g/mol. The topological polar surface area (TPSA) is 52.6 Å². The van der Waals surface area contributed by atoms with Gasteiger partial charge in [0.05, 0.1) is 14.2 Å². The molecular weight excluding hydrogens is 569 g/mol. The molecule has 2 unspecified atom stereocenters. The van der Waals surface area contributed by atoms with E-state index in [9.17, 15) is 9.59 Å². The highest BCUT2D eigenvalue weighted by Crippen LogP contribution is 2.36. The van der Waals surface area contributed by atoms with Crippen LogP contribution in [0.4, 0.5) is 0 Å². The second-order valence-corrected chi connectivity index (χ2v) is 14.3. The van der Waals surface area contributed by atoms with Crippen molar-refractivity contribution in [1.29, 1.82) is 0 Å². The molecule has 0 saturated heterocycles. The Hall–Kier alpha value is -1.04. The maximum atomic E-state index is 12.2. The van der Waals surface area contributed by atoms with E-state index in [1.54, 1.807) is 23.5 Å². The van der Waals surface area contributed by atoms with Crippen LogP contribution in [0.3, 0.4) is 0 Å². The fraction of sp³-hybridized carbons (Fsp3) is 0.385. The standard InChI is InChI=1S/C26H30O4S6/c1-29-23(27)21(19-13-7-5-8-14-19)35-25(31)33-17-11-3-4-12-18-34-26(32)36-22(24(28)30-2)20-15-9-6-10-16-20/h5-10,13-16,21-22H,3-4,11-12,17-18H2,1-2H3. The minimum atomic E-state index is -0.435. The molecule has 0 bridgehead atoms. The summed E-state index contributed by atoms with van der Waals surface area (Å²) in [6, 6.07) is 19.2. The van der Waals surface area contributed by atoms with E-state index in [0.717, 1.165) is 55.4 Å². The Bertz CT molecular complexity index is 891. The molecule has 194 valence electrons. The number of benzene rings is 2. The lowest BCUT2D eigenvalue weighted by Gasteiger charge is -2.15. The Labute approximate surface area is 241 Å². The van der Waals surface area contributed by atoms with Gasteiger partial charge in [-0.2, -0.15) is 0 Å². The molecule has 10 heteroatoms. The minimum Gasteiger partial charge on any atom is -0.468 e. The predicted octanol–water partition coefficient (Wildman–Crippen LogP) is 7.88. The van der Waals surface area contributed by atoms with E-state index in [4.69, 9.17) is 33.9 Å². The molecule has 0 aromatic heterocycles. The number of carbonyl (C=O) groups excluding carboxylic acids is 2. The van der Waals surface area contributed by atoms with E-state index in [1.807, 2.05) is 60.7 Å². The molecule has 0 spiro atoms. The van der Waals surface area contributed by atoms with Crippen LogP contribution in [-0.2, 0) is 19.1 Å². The van der Waals surface area contributed by atoms with Crippen molar-refractivity contribution in [2.75, 3.05) is 25.7 Å². The normalized spacial score (nSPS) is 12.4. The molecule has 0 radical (unpaired) electrons. The van der Waals surface area contributed by atoms with Crippen molar-refractivity contribution in [3.8, 4) is 0 Å². The quantitative estimate of drug-likeness (QED) is 0.129. The van der Waals surface area contributed by atoms with Crippen molar-refractivity contribution < 1.29 is 19.1 Å². The minimum absolute atomic E-state index is 0.288. The zero-order valence-electron chi connectivity index (χ0n) is 20.3. The van der Waals surface area contributed by atoms with Crippen LogP contribution in [0.25, 0.3) is 0 Å². The van der Waals surface area contributed by atoms with Gasteiger partial charge in [0.2, 0.25) is 0 Å². The van der Waals surface area contributed by atoms with Crippen LogP contribution in [0.1, 0.15) is 47.3 Å². The molecule has 0 fully saturated rings. The largest absolute Gasteiger partial charge is 0.468 e. The third kappa shape index (κ3) is 11.6. The van der Waals surface area contributed by atoms with E-state index < -0.39 is 10.5 Å². The number of thiocarbonyl (C=S) groups is 2. The molecule has 0 N–H and O–H groups in total. The summed E-state index contributed by atoms with van der Waals surface area (Å²) in [6.45, 7) is 0. The zero-order valence-corrected chi connectivity index (χ0v) is 25.2. The number of unbranched alkanes of at least 4 members (excludes halogenated alkanes) is 3. The molecule has 0 aliphatic rings. The van der Waals surface area contributed by atoms with Gasteiger partial charge in [-0.1, -0.05) is 121 Å². The van der Waals surface area contributed by atoms with E-state index >= 15 is 0 Å². The van der Waals surface area contributed by atoms with Gasteiger partial charge in [-0.3, -0.25) is 9.59 Å². The van der Waals surface area contributed by atoms with E-state index in [0.29, 0.717) is 0 Å². The second-order valence-electron chi connectivity index (χ2n) is 7.47. The number of esters is 2. The number of ether oxygens (including phenoxy) is 2. The van der Waals surface area contributed by atoms with Crippen molar-refractivity contribution in [2.45, 2.75) is 36.2 Å². The Morgan fingerprint density at radius 3 is 1.36 bits per heavy atom. The first-order chi connectivity index (χ1) is 17.5. The number of thioether (sulfide) groups is 4. The molecule has 2 atom stereocenters. The molecule has 0 saturated carbocycles. The molecule has 2 rings (SSSR count). The highest BCUT2D eigenvalue weighted by molar-refractivity contribution is 8.47. The Balaban J connectivity index is 1.61. The first kappa shape index (κ1) is 31.2. The van der Waals surface area contributed by atoms with Gasteiger partial charge in [-0.15, -0.1) is 23.5 Å². The third-order valence-electron chi connectivity index (χ3n) is 4.94. The number of hydrogen-bond acceptors (Lipinski definition) is 10. The van der Waals surface area contributed by atoms with Gasteiger partial charge in [0, 0.05) is 0 Å². The van der Waals surface area contributed by atoms with Gasteiger partial charge in [-0.25, -0.2) is 0 Å². The van der Waals surface area contributed by atoms with Gasteiger partial charge >= 0.3 is 11.9 Å². The van der Waals surface area contributed by atoms with Crippen LogP contribution < -0.4 is 0 Å². The summed E-state index contributed by atoms with van der Waals surface area (Å²) in [5, 5.41) is -0.869. The summed E-state index contributed by atoms with van der Waals surface area (Å²) in [4.78, 5) is 24.4. The van der Waals surface area contributed by atoms with Crippen molar-refractivity contribution in [2.24, 2.45) is 0 Å². The van der Waals surface area contributed by atoms with Crippen molar-refractivity contribution in [3.63, 3.8) is 0 Å². The Morgan fingerprint density at radius 1 is 0.667 bits per heavy atom. The number of carbonyl (C=O) groups is 2. The van der Waals surface area contributed by atoms with Gasteiger partial charge < -0.3 is 9.47 Å². The Morgan fingerprint density at radius 2 is 1.03 bits per heavy atom. The molecule has 0 amide bonds. The van der Waals surface area contributed by atoms with Crippen LogP contribution in [0.5, 0.6) is 0 Å². The van der Waals surface area contributed by atoms with E-state index in [2.05, 4.69) is 0 Å². The molecule has 2 aromatic rings. The van der Waals surface area contributed by atoms with E-state index in [-0.39, 0.29) is 11.9 Å². The maximum Gasteiger partial charge on any atom is 0.323 e. The summed E-state index contributed by atoms with van der Waals surface area (Å²) in [5.74, 6) is 1.27. The van der Waals surface area contributed by atoms with Crippen LogP contribution in [0.15, 0.2) is 60.7 Å². The third-order valence-corrected chi connectivity index (χ3v) is 10.8. The first-order valence-corrected chi connectivity index (χ1v) is 15.9. The van der Waals surface area contributed by atoms with Gasteiger partial charge in [0.15, 0.2) is 0 Å². The SMILES string of the molecule is COC(=O)C(SC(=S)SCCCCCCSC(=S)SC(C(=O)OC)c1ccccc1)c1ccccc1. The highest BCUT2D eigenvalue weighted by atomic mass is 32.2. The summed E-state index contributed by atoms with van der Waals surface area (Å²) < 4.78 is 11.4. The van der Waals surface area contributed by atoms with E-state index in [1.165, 1.54) is 37.7 Å². The maximum absolute atomic E-state index is 12.2. The molecule has 4 nitrogen and oxygen atoms in total. The predicted molar refractivity (Wildman–Crippen MR) is 166 cm³/mol. The number of methoxy groups -OCH3 is 2. The fourth-order valence-corrected chi connectivity index (χ4v) is 8.19. The second kappa shape index (κ2) is 18.3. The van der Waals surface area contributed by atoms with Crippen molar-refractivity contribution in [1.82, 2.24) is 0 Å². The van der Waals surface area contributed by atoms with Crippen LogP contribution >= 0.6 is 71.5 Å². The average molecular weight is 599 g/mol. The van der Waals surface area contributed by atoms with Crippen LogP contribution in [0, 0.1) is 0 Å². The molecule has 0 heterocycles. The van der Waals surface area contributed by atoms with Crippen LogP contribution in [-0.4, -0.2) is 44.7 Å². The van der Waals surface area contributed by atoms with Gasteiger partial charge in [0.25, 0.3) is 0 Å². The lowest BCUT2D eigenvalue weighted by atomic mass is 10.1. The average Bonchev–Trinajstić information content (AvgIpc) is 2.91. The molecule has 2 aromatic carbocycles. The summed E-state index contributed by atoms with van der Waals surface area (Å²) in [5.41, 5.74) is 1.79. The zero-order chi connectivity index (χ0) is 26.2. The van der Waals surface area contributed by atoms with Gasteiger partial charge in [-0.05, 0) is 35.5 Å². The van der Waals surface area contributed by atoms with Crippen molar-refractivity contribution >= 4 is 90.5 Å². The molecule has 0 aliphatic carbocycles. The molecule has 36 heavy (non-hydrogen) atoms. The fourth-order valence-electron chi connectivity index (χ4n) is 3.10. The summed E-state index contributed by atoms with van der Waals surface area (Å²) in [7, 11) is 2.80. The summed E-state index contributed by atoms with van der Waals surface area (Å²) >= 11 is 17.0. The lowest BCUT2D eigenvalue weighted by Crippen LogP contribution is -2.12. The summed E-state index contributed by atoms with van der Waals surface area (Å²) in [6.07, 6.45) is 4.33. The number of rotatable bonds is 13. The molecular formula is C26H30O4S6. The Kier molecular flexibility index (Phi) is 15.8. The lowest BCUT2D eigenvalue weighted by molar-refractivity contribution is -0.140.